The van der Waals surface area contributed by atoms with Gasteiger partial charge in [-0.1, -0.05) is 0 Å². The smallest absolute Gasteiger partial charge is 0.120 e. The Morgan fingerprint density at radius 2 is 2.33 bits per heavy atom. The maximum absolute atomic E-state index is 5.14. The number of methoxy groups -OCH3 is 1. The first kappa shape index (κ1) is 7.80. The first-order valence-corrected chi connectivity index (χ1v) is 4.82. The number of hydrogen-bond acceptors (Lipinski definition) is 3. The molecule has 2 nitrogen and oxygen atoms in total. The number of thioether (sulfide) groups is 1. The Bertz CT molecular complexity index is 301. The summed E-state index contributed by atoms with van der Waals surface area (Å²) in [5, 5.41) is 0. The van der Waals surface area contributed by atoms with Crippen molar-refractivity contribution in [3.05, 3.63) is 18.2 Å². The summed E-state index contributed by atoms with van der Waals surface area (Å²) in [5.41, 5.74) is 1.31. The number of fused-ring (bicyclic) bond motifs is 1. The predicted molar refractivity (Wildman–Crippen MR) is 52.1 cm³/mol. The van der Waals surface area contributed by atoms with Crippen LogP contribution in [-0.2, 0) is 0 Å². The molecule has 1 heterocycles. The zero-order chi connectivity index (χ0) is 8.55. The van der Waals surface area contributed by atoms with Crippen LogP contribution in [0, 0.1) is 0 Å². The largest absolute Gasteiger partial charge is 0.497 e. The molecule has 1 aromatic rings. The molecule has 0 radical (unpaired) electrons. The summed E-state index contributed by atoms with van der Waals surface area (Å²) in [6.07, 6.45) is 0. The minimum atomic E-state index is 0.941. The molecule has 2 rings (SSSR count). The van der Waals surface area contributed by atoms with Crippen LogP contribution in [0.2, 0.25) is 0 Å². The van der Waals surface area contributed by atoms with E-state index in [9.17, 15) is 0 Å². The number of hydrogen-bond donors (Lipinski definition) is 0. The third kappa shape index (κ3) is 1.14. The molecule has 0 aromatic heterocycles. The lowest BCUT2D eigenvalue weighted by Crippen LogP contribution is -2.10. The lowest BCUT2D eigenvalue weighted by atomic mass is 10.3. The Morgan fingerprint density at radius 3 is 3.08 bits per heavy atom. The molecular weight excluding hydrogens is 170 g/mol. The zero-order valence-corrected chi connectivity index (χ0v) is 8.02. The standard InChI is InChI=1S/C9H11NOS/c1-10-6-12-9-5-7(11-2)3-4-8(9)10/h3-5H,6H2,1-2H3. The topological polar surface area (TPSA) is 12.5 Å². The summed E-state index contributed by atoms with van der Waals surface area (Å²) in [7, 11) is 3.80. The summed E-state index contributed by atoms with van der Waals surface area (Å²) in [5.74, 6) is 1.99. The fourth-order valence-corrected chi connectivity index (χ4v) is 2.33. The molecule has 0 saturated heterocycles. The highest BCUT2D eigenvalue weighted by Crippen LogP contribution is 2.39. The first-order chi connectivity index (χ1) is 5.81. The highest BCUT2D eigenvalue weighted by Gasteiger charge is 2.16. The SMILES string of the molecule is COc1ccc2c(c1)SCN2C. The van der Waals surface area contributed by atoms with E-state index in [0.717, 1.165) is 11.6 Å². The van der Waals surface area contributed by atoms with Crippen LogP contribution >= 0.6 is 11.8 Å². The molecule has 0 N–H and O–H groups in total. The van der Waals surface area contributed by atoms with Crippen LogP contribution < -0.4 is 9.64 Å². The van der Waals surface area contributed by atoms with Gasteiger partial charge >= 0.3 is 0 Å². The lowest BCUT2D eigenvalue weighted by molar-refractivity contribution is 0.414. The predicted octanol–water partition coefficient (Wildman–Crippen LogP) is 2.19. The number of nitrogens with zero attached hydrogens (tertiary/aromatic N) is 1. The van der Waals surface area contributed by atoms with Gasteiger partial charge in [-0.15, -0.1) is 11.8 Å². The van der Waals surface area contributed by atoms with Crippen LogP contribution in [0.25, 0.3) is 0 Å². The van der Waals surface area contributed by atoms with Gasteiger partial charge in [0.05, 0.1) is 18.7 Å². The molecule has 0 unspecified atom stereocenters. The third-order valence-corrected chi connectivity index (χ3v) is 3.15. The van der Waals surface area contributed by atoms with E-state index in [4.69, 9.17) is 4.74 Å². The van der Waals surface area contributed by atoms with Crippen molar-refractivity contribution in [2.45, 2.75) is 4.90 Å². The molecule has 0 amide bonds. The van der Waals surface area contributed by atoms with Gasteiger partial charge in [-0.3, -0.25) is 0 Å². The second kappa shape index (κ2) is 2.90. The van der Waals surface area contributed by atoms with Gasteiger partial charge in [0.2, 0.25) is 0 Å². The fourth-order valence-electron chi connectivity index (χ4n) is 1.29. The molecule has 1 aliphatic heterocycles. The number of ether oxygens (including phenoxy) is 1. The van der Waals surface area contributed by atoms with Crippen molar-refractivity contribution in [2.75, 3.05) is 24.9 Å². The van der Waals surface area contributed by atoms with Gasteiger partial charge in [-0.05, 0) is 18.2 Å². The van der Waals surface area contributed by atoms with E-state index < -0.39 is 0 Å². The Balaban J connectivity index is 2.41. The van der Waals surface area contributed by atoms with E-state index >= 15 is 0 Å². The highest BCUT2D eigenvalue weighted by atomic mass is 32.2. The Hall–Kier alpha value is -0.830. The Labute approximate surface area is 76.5 Å². The van der Waals surface area contributed by atoms with Crippen molar-refractivity contribution in [1.29, 1.82) is 0 Å². The maximum Gasteiger partial charge on any atom is 0.120 e. The monoisotopic (exact) mass is 181 g/mol. The molecule has 1 aromatic carbocycles. The Kier molecular flexibility index (Phi) is 1.89. The zero-order valence-electron chi connectivity index (χ0n) is 7.20. The van der Waals surface area contributed by atoms with E-state index in [2.05, 4.69) is 24.1 Å². The normalized spacial score (nSPS) is 14.7. The molecule has 12 heavy (non-hydrogen) atoms. The van der Waals surface area contributed by atoms with Crippen molar-refractivity contribution >= 4 is 17.4 Å². The van der Waals surface area contributed by atoms with Gasteiger partial charge in [-0.25, -0.2) is 0 Å². The second-order valence-corrected chi connectivity index (χ2v) is 3.79. The van der Waals surface area contributed by atoms with Gasteiger partial charge < -0.3 is 9.64 Å². The number of benzene rings is 1. The third-order valence-electron chi connectivity index (χ3n) is 1.99. The molecule has 0 atom stereocenters. The highest BCUT2D eigenvalue weighted by molar-refractivity contribution is 7.99. The van der Waals surface area contributed by atoms with Gasteiger partial charge in [0, 0.05) is 11.9 Å². The van der Waals surface area contributed by atoms with Gasteiger partial charge in [0.1, 0.15) is 5.75 Å². The fraction of sp³-hybridized carbons (Fsp3) is 0.333. The Morgan fingerprint density at radius 1 is 1.50 bits per heavy atom. The van der Waals surface area contributed by atoms with E-state index in [0.29, 0.717) is 0 Å². The van der Waals surface area contributed by atoms with Crippen molar-refractivity contribution in [1.82, 2.24) is 0 Å². The molecule has 3 heteroatoms. The molecular formula is C9H11NOS. The van der Waals surface area contributed by atoms with Crippen LogP contribution in [0.1, 0.15) is 0 Å². The minimum Gasteiger partial charge on any atom is -0.497 e. The van der Waals surface area contributed by atoms with Crippen molar-refractivity contribution in [3.63, 3.8) is 0 Å². The molecule has 64 valence electrons. The first-order valence-electron chi connectivity index (χ1n) is 3.83. The van der Waals surface area contributed by atoms with Crippen LogP contribution in [-0.4, -0.2) is 20.0 Å². The molecule has 0 aliphatic carbocycles. The maximum atomic E-state index is 5.14. The van der Waals surface area contributed by atoms with E-state index in [1.54, 1.807) is 7.11 Å². The molecule has 1 aliphatic rings. The van der Waals surface area contributed by atoms with E-state index in [1.807, 2.05) is 17.8 Å². The summed E-state index contributed by atoms with van der Waals surface area (Å²) in [4.78, 5) is 3.55. The van der Waals surface area contributed by atoms with E-state index in [-0.39, 0.29) is 0 Å². The number of rotatable bonds is 1. The quantitative estimate of drug-likeness (QED) is 0.659. The molecule has 0 bridgehead atoms. The van der Waals surface area contributed by atoms with Gasteiger partial charge in [-0.2, -0.15) is 0 Å². The lowest BCUT2D eigenvalue weighted by Gasteiger charge is -2.10. The van der Waals surface area contributed by atoms with Crippen LogP contribution in [0.15, 0.2) is 23.1 Å². The molecule has 0 fully saturated rings. The summed E-state index contributed by atoms with van der Waals surface area (Å²) in [6.45, 7) is 0. The molecule has 0 saturated carbocycles. The van der Waals surface area contributed by atoms with Crippen molar-refractivity contribution < 1.29 is 4.74 Å². The average Bonchev–Trinajstić information content (AvgIpc) is 2.47. The summed E-state index contributed by atoms with van der Waals surface area (Å²) >= 11 is 1.85. The second-order valence-electron chi connectivity index (χ2n) is 2.81. The van der Waals surface area contributed by atoms with Crippen molar-refractivity contribution in [3.8, 4) is 5.75 Å². The van der Waals surface area contributed by atoms with Gasteiger partial charge in [0.15, 0.2) is 0 Å². The number of anilines is 1. The van der Waals surface area contributed by atoms with Crippen LogP contribution in [0.4, 0.5) is 5.69 Å². The van der Waals surface area contributed by atoms with Crippen LogP contribution in [0.5, 0.6) is 5.75 Å². The molecule has 0 spiro atoms. The van der Waals surface area contributed by atoms with E-state index in [1.165, 1.54) is 10.6 Å². The average molecular weight is 181 g/mol. The summed E-state index contributed by atoms with van der Waals surface area (Å²) < 4.78 is 5.14. The summed E-state index contributed by atoms with van der Waals surface area (Å²) in [6, 6.07) is 6.19. The van der Waals surface area contributed by atoms with Crippen molar-refractivity contribution in [2.24, 2.45) is 0 Å². The minimum absolute atomic E-state index is 0.941. The van der Waals surface area contributed by atoms with Crippen LogP contribution in [0.3, 0.4) is 0 Å². The van der Waals surface area contributed by atoms with Gasteiger partial charge in [0.25, 0.3) is 0 Å².